The number of anilines is 1. The third kappa shape index (κ3) is 2.99. The fourth-order valence-electron chi connectivity index (χ4n) is 2.48. The van der Waals surface area contributed by atoms with Crippen LogP contribution in [0, 0.1) is 10.1 Å². The van der Waals surface area contributed by atoms with Gasteiger partial charge in [-0.05, 0) is 33.7 Å². The summed E-state index contributed by atoms with van der Waals surface area (Å²) in [5.74, 6) is 0.0387. The van der Waals surface area contributed by atoms with E-state index in [-0.39, 0.29) is 17.7 Å². The van der Waals surface area contributed by atoms with Crippen LogP contribution >= 0.6 is 0 Å². The zero-order valence-corrected chi connectivity index (χ0v) is 11.8. The Kier molecular flexibility index (Phi) is 3.88. The van der Waals surface area contributed by atoms with Gasteiger partial charge in [0.05, 0.1) is 12.3 Å². The highest BCUT2D eigenvalue weighted by molar-refractivity contribution is 5.47. The number of nitro groups is 1. The van der Waals surface area contributed by atoms with Crippen molar-refractivity contribution in [3.05, 3.63) is 58.3 Å². The molecule has 0 amide bonds. The number of ether oxygens (including phenoxy) is 1. The molecule has 0 bridgehead atoms. The molecule has 0 spiro atoms. The van der Waals surface area contributed by atoms with Gasteiger partial charge in [0.15, 0.2) is 6.20 Å². The largest absolute Gasteiger partial charge is 0.508 e. The van der Waals surface area contributed by atoms with Gasteiger partial charge in [0.25, 0.3) is 0 Å². The van der Waals surface area contributed by atoms with Gasteiger partial charge in [0, 0.05) is 19.2 Å². The van der Waals surface area contributed by atoms with E-state index in [0.29, 0.717) is 19.7 Å². The highest BCUT2D eigenvalue weighted by Gasteiger charge is 2.23. The fourth-order valence-corrected chi connectivity index (χ4v) is 2.48. The minimum absolute atomic E-state index is 0.156. The van der Waals surface area contributed by atoms with Crippen LogP contribution in [0.3, 0.4) is 0 Å². The Hall–Kier alpha value is -2.67. The number of hydrogen-bond donors (Lipinski definition) is 1. The third-order valence-corrected chi connectivity index (χ3v) is 3.59. The highest BCUT2D eigenvalue weighted by atomic mass is 16.6. The van der Waals surface area contributed by atoms with Crippen LogP contribution in [0.1, 0.15) is 11.7 Å². The zero-order chi connectivity index (χ0) is 15.5. The number of morpholine rings is 1. The smallest absolute Gasteiger partial charge is 0.363 e. The lowest BCUT2D eigenvalue weighted by Gasteiger charge is -2.34. The molecule has 0 radical (unpaired) electrons. The summed E-state index contributed by atoms with van der Waals surface area (Å²) in [5, 5.41) is 20.2. The molecule has 1 aliphatic heterocycles. The van der Waals surface area contributed by atoms with Crippen LogP contribution in [0.5, 0.6) is 5.75 Å². The Morgan fingerprint density at radius 1 is 1.36 bits per heavy atom. The molecule has 2 aromatic rings. The van der Waals surface area contributed by atoms with E-state index in [0.717, 1.165) is 11.3 Å². The van der Waals surface area contributed by atoms with Crippen molar-refractivity contribution in [2.75, 3.05) is 24.6 Å². The molecular weight excluding hydrogens is 286 g/mol. The number of phenols is 1. The standard InChI is InChI=1S/C15H15N3O4/c19-13-3-1-2-11(8-13)14-10-17(6-7-22-14)12-4-5-15(16-9-12)18(20)21/h1-5,8-9,14,19H,6-7,10H2/t14-/m1/s1. The van der Waals surface area contributed by atoms with Crippen LogP contribution in [-0.4, -0.2) is 34.7 Å². The minimum Gasteiger partial charge on any atom is -0.508 e. The monoisotopic (exact) mass is 301 g/mol. The molecule has 1 atom stereocenters. The predicted molar refractivity (Wildman–Crippen MR) is 79.9 cm³/mol. The summed E-state index contributed by atoms with van der Waals surface area (Å²) >= 11 is 0. The summed E-state index contributed by atoms with van der Waals surface area (Å²) in [6.07, 6.45) is 1.35. The van der Waals surface area contributed by atoms with Crippen molar-refractivity contribution in [2.24, 2.45) is 0 Å². The first kappa shape index (κ1) is 14.3. The van der Waals surface area contributed by atoms with E-state index in [1.807, 2.05) is 6.07 Å². The quantitative estimate of drug-likeness (QED) is 0.691. The number of aromatic hydroxyl groups is 1. The summed E-state index contributed by atoms with van der Waals surface area (Å²) in [6, 6.07) is 10.1. The Labute approximate surface area is 126 Å². The Balaban J connectivity index is 1.76. The Morgan fingerprint density at radius 2 is 2.23 bits per heavy atom. The van der Waals surface area contributed by atoms with Crippen LogP contribution < -0.4 is 4.90 Å². The van der Waals surface area contributed by atoms with Crippen molar-refractivity contribution in [3.63, 3.8) is 0 Å². The number of phenolic OH excluding ortho intramolecular Hbond substituents is 1. The van der Waals surface area contributed by atoms with Gasteiger partial charge < -0.3 is 24.9 Å². The summed E-state index contributed by atoms with van der Waals surface area (Å²) in [6.45, 7) is 1.83. The first-order chi connectivity index (χ1) is 10.6. The fraction of sp³-hybridized carbons (Fsp3) is 0.267. The van der Waals surface area contributed by atoms with Gasteiger partial charge in [-0.1, -0.05) is 12.1 Å². The topological polar surface area (TPSA) is 88.7 Å². The van der Waals surface area contributed by atoms with Gasteiger partial charge in [-0.3, -0.25) is 0 Å². The summed E-state index contributed by atoms with van der Waals surface area (Å²) in [5.41, 5.74) is 1.72. The summed E-state index contributed by atoms with van der Waals surface area (Å²) in [4.78, 5) is 16.0. The Bertz CT molecular complexity index is 675. The Morgan fingerprint density at radius 3 is 2.91 bits per heavy atom. The summed E-state index contributed by atoms with van der Waals surface area (Å²) in [7, 11) is 0. The molecule has 1 aliphatic rings. The highest BCUT2D eigenvalue weighted by Crippen LogP contribution is 2.28. The molecule has 0 aliphatic carbocycles. The van der Waals surface area contributed by atoms with Crippen molar-refractivity contribution < 1.29 is 14.8 Å². The molecule has 1 fully saturated rings. The second-order valence-corrected chi connectivity index (χ2v) is 5.03. The molecule has 0 saturated carbocycles. The maximum absolute atomic E-state index is 10.6. The minimum atomic E-state index is -0.515. The van der Waals surface area contributed by atoms with E-state index in [2.05, 4.69) is 9.88 Å². The average molecular weight is 301 g/mol. The van der Waals surface area contributed by atoms with Gasteiger partial charge in [-0.15, -0.1) is 0 Å². The molecule has 0 unspecified atom stereocenters. The number of rotatable bonds is 3. The molecule has 22 heavy (non-hydrogen) atoms. The number of aromatic nitrogens is 1. The van der Waals surface area contributed by atoms with Crippen molar-refractivity contribution in [1.29, 1.82) is 0 Å². The number of hydrogen-bond acceptors (Lipinski definition) is 6. The predicted octanol–water partition coefficient (Wildman–Crippen LogP) is 2.27. The van der Waals surface area contributed by atoms with E-state index in [9.17, 15) is 15.2 Å². The number of benzene rings is 1. The molecule has 7 heteroatoms. The third-order valence-electron chi connectivity index (χ3n) is 3.59. The van der Waals surface area contributed by atoms with Gasteiger partial charge in [0.1, 0.15) is 11.9 Å². The lowest BCUT2D eigenvalue weighted by Crippen LogP contribution is -2.38. The first-order valence-corrected chi connectivity index (χ1v) is 6.89. The van der Waals surface area contributed by atoms with Gasteiger partial charge >= 0.3 is 5.82 Å². The average Bonchev–Trinajstić information content (AvgIpc) is 2.55. The van der Waals surface area contributed by atoms with Crippen molar-refractivity contribution in [2.45, 2.75) is 6.10 Å². The van der Waals surface area contributed by atoms with Crippen molar-refractivity contribution >= 4 is 11.5 Å². The van der Waals surface area contributed by atoms with Gasteiger partial charge in [-0.25, -0.2) is 0 Å². The molecule has 3 rings (SSSR count). The van der Waals surface area contributed by atoms with E-state index in [4.69, 9.17) is 4.74 Å². The van der Waals surface area contributed by atoms with E-state index < -0.39 is 4.92 Å². The van der Waals surface area contributed by atoms with Crippen LogP contribution in [-0.2, 0) is 4.74 Å². The van der Waals surface area contributed by atoms with E-state index in [1.165, 1.54) is 12.3 Å². The number of nitrogens with zero attached hydrogens (tertiary/aromatic N) is 3. The van der Waals surface area contributed by atoms with Gasteiger partial charge in [0.2, 0.25) is 0 Å². The molecular formula is C15H15N3O4. The van der Waals surface area contributed by atoms with Crippen LogP contribution in [0.25, 0.3) is 0 Å². The SMILES string of the molecule is O=[N+]([O-])c1ccc(N2CCO[C@@H](c3cccc(O)c3)C2)cn1. The zero-order valence-electron chi connectivity index (χ0n) is 11.8. The second kappa shape index (κ2) is 5.98. The van der Waals surface area contributed by atoms with Crippen molar-refractivity contribution in [1.82, 2.24) is 4.98 Å². The summed E-state index contributed by atoms with van der Waals surface area (Å²) < 4.78 is 5.75. The molecule has 1 aromatic heterocycles. The lowest BCUT2D eigenvalue weighted by atomic mass is 10.1. The molecule has 1 aromatic carbocycles. The normalized spacial score (nSPS) is 18.2. The number of pyridine rings is 1. The second-order valence-electron chi connectivity index (χ2n) is 5.03. The van der Waals surface area contributed by atoms with Crippen molar-refractivity contribution in [3.8, 4) is 5.75 Å². The maximum atomic E-state index is 10.6. The maximum Gasteiger partial charge on any atom is 0.363 e. The van der Waals surface area contributed by atoms with E-state index in [1.54, 1.807) is 24.3 Å². The molecule has 7 nitrogen and oxygen atoms in total. The van der Waals surface area contributed by atoms with Crippen LogP contribution in [0.2, 0.25) is 0 Å². The van der Waals surface area contributed by atoms with Gasteiger partial charge in [-0.2, -0.15) is 0 Å². The molecule has 1 saturated heterocycles. The molecule has 1 N–H and O–H groups in total. The molecule has 114 valence electrons. The van der Waals surface area contributed by atoms with Crippen LogP contribution in [0.4, 0.5) is 11.5 Å². The van der Waals surface area contributed by atoms with E-state index >= 15 is 0 Å². The first-order valence-electron chi connectivity index (χ1n) is 6.89. The lowest BCUT2D eigenvalue weighted by molar-refractivity contribution is -0.389. The van der Waals surface area contributed by atoms with Crippen LogP contribution in [0.15, 0.2) is 42.6 Å². The molecule has 2 heterocycles.